The van der Waals surface area contributed by atoms with Crippen molar-refractivity contribution in [3.8, 4) is 11.5 Å². The maximum absolute atomic E-state index is 14.3. The predicted molar refractivity (Wildman–Crippen MR) is 127 cm³/mol. The van der Waals surface area contributed by atoms with E-state index in [1.165, 1.54) is 18.5 Å². The fraction of sp³-hybridized carbons (Fsp3) is 0.217. The second kappa shape index (κ2) is 9.14. The van der Waals surface area contributed by atoms with E-state index in [-0.39, 0.29) is 34.6 Å². The average molecular weight is 566 g/mol. The van der Waals surface area contributed by atoms with Crippen LogP contribution in [0.25, 0.3) is 0 Å². The number of primary amides is 1. The van der Waals surface area contributed by atoms with Gasteiger partial charge in [-0.3, -0.25) is 9.78 Å². The molecule has 1 saturated carbocycles. The Bertz CT molecular complexity index is 1290. The zero-order valence-corrected chi connectivity index (χ0v) is 19.9. The molecule has 2 N–H and O–H groups in total. The number of benzene rings is 2. The van der Waals surface area contributed by atoms with Gasteiger partial charge < -0.3 is 10.5 Å². The summed E-state index contributed by atoms with van der Waals surface area (Å²) in [7, 11) is -3.18. The van der Waals surface area contributed by atoms with Gasteiger partial charge in [0, 0.05) is 16.2 Å². The van der Waals surface area contributed by atoms with E-state index < -0.39 is 15.7 Å². The molecule has 1 aromatic heterocycles. The Kier molecular flexibility index (Phi) is 6.47. The predicted octanol–water partition coefficient (Wildman–Crippen LogP) is 4.38. The highest BCUT2D eigenvalue weighted by Gasteiger charge is 2.35. The molecule has 0 spiro atoms. The third-order valence-corrected chi connectivity index (χ3v) is 8.05. The lowest BCUT2D eigenvalue weighted by Gasteiger charge is -2.14. The zero-order chi connectivity index (χ0) is 22.9. The van der Waals surface area contributed by atoms with Crippen molar-refractivity contribution in [3.63, 3.8) is 0 Å². The minimum Gasteiger partial charge on any atom is -0.455 e. The van der Waals surface area contributed by atoms with Gasteiger partial charge in [-0.15, -0.1) is 0 Å². The highest BCUT2D eigenvalue weighted by molar-refractivity contribution is 14.1. The molecule has 1 fully saturated rings. The SMILES string of the molecule is NC(=O)c1c(Cc2ccc(I)cc2F)cncc1Oc1cccc(CS(=O)(=O)C2CC2)c1. The summed E-state index contributed by atoms with van der Waals surface area (Å²) in [5, 5.41) is -0.254. The van der Waals surface area contributed by atoms with Crippen LogP contribution in [0, 0.1) is 9.39 Å². The Morgan fingerprint density at radius 3 is 2.62 bits per heavy atom. The van der Waals surface area contributed by atoms with Crippen molar-refractivity contribution in [1.82, 2.24) is 4.98 Å². The summed E-state index contributed by atoms with van der Waals surface area (Å²) in [6, 6.07) is 11.5. The van der Waals surface area contributed by atoms with Crippen LogP contribution in [0.15, 0.2) is 54.9 Å². The Morgan fingerprint density at radius 1 is 1.16 bits per heavy atom. The summed E-state index contributed by atoms with van der Waals surface area (Å²) >= 11 is 2.02. The van der Waals surface area contributed by atoms with Crippen LogP contribution in [0.3, 0.4) is 0 Å². The second-order valence-electron chi connectivity index (χ2n) is 7.70. The normalized spacial score (nSPS) is 13.7. The van der Waals surface area contributed by atoms with E-state index >= 15 is 0 Å². The summed E-state index contributed by atoms with van der Waals surface area (Å²) in [6.45, 7) is 0. The van der Waals surface area contributed by atoms with E-state index in [4.69, 9.17) is 10.5 Å². The Balaban J connectivity index is 1.62. The molecule has 32 heavy (non-hydrogen) atoms. The first kappa shape index (κ1) is 22.7. The van der Waals surface area contributed by atoms with E-state index in [0.29, 0.717) is 35.3 Å². The van der Waals surface area contributed by atoms with Crippen molar-refractivity contribution in [2.45, 2.75) is 30.3 Å². The highest BCUT2D eigenvalue weighted by atomic mass is 127. The molecule has 9 heteroatoms. The number of hydrogen-bond donors (Lipinski definition) is 1. The van der Waals surface area contributed by atoms with Gasteiger partial charge in [0.15, 0.2) is 15.6 Å². The van der Waals surface area contributed by atoms with Gasteiger partial charge in [-0.05, 0) is 76.4 Å². The van der Waals surface area contributed by atoms with Crippen LogP contribution in [0.2, 0.25) is 0 Å². The van der Waals surface area contributed by atoms with Crippen molar-refractivity contribution in [1.29, 1.82) is 0 Å². The maximum atomic E-state index is 14.3. The van der Waals surface area contributed by atoms with Crippen LogP contribution in [-0.2, 0) is 22.0 Å². The van der Waals surface area contributed by atoms with E-state index in [2.05, 4.69) is 4.98 Å². The lowest BCUT2D eigenvalue weighted by atomic mass is 10.0. The molecule has 0 unspecified atom stereocenters. The molecule has 2 aromatic carbocycles. The van der Waals surface area contributed by atoms with Crippen LogP contribution in [0.5, 0.6) is 11.5 Å². The van der Waals surface area contributed by atoms with Crippen molar-refractivity contribution >= 4 is 38.3 Å². The molecular formula is C23H20FIN2O4S. The Morgan fingerprint density at radius 2 is 1.94 bits per heavy atom. The smallest absolute Gasteiger partial charge is 0.252 e. The van der Waals surface area contributed by atoms with Crippen LogP contribution in [-0.4, -0.2) is 24.6 Å². The molecule has 6 nitrogen and oxygen atoms in total. The van der Waals surface area contributed by atoms with Crippen molar-refractivity contribution in [2.24, 2.45) is 5.73 Å². The molecular weight excluding hydrogens is 546 g/mol. The van der Waals surface area contributed by atoms with Crippen LogP contribution in [0.1, 0.15) is 39.9 Å². The van der Waals surface area contributed by atoms with E-state index in [9.17, 15) is 17.6 Å². The number of nitrogens with two attached hydrogens (primary N) is 1. The molecule has 1 aliphatic rings. The average Bonchev–Trinajstić information content (AvgIpc) is 3.56. The first-order valence-electron chi connectivity index (χ1n) is 9.92. The second-order valence-corrected chi connectivity index (χ2v) is 11.2. The number of carbonyl (C=O) groups excluding carboxylic acids is 1. The van der Waals surface area contributed by atoms with Gasteiger partial charge in [-0.25, -0.2) is 12.8 Å². The number of nitrogens with zero attached hydrogens (tertiary/aromatic N) is 1. The summed E-state index contributed by atoms with van der Waals surface area (Å²) in [5.41, 5.74) is 7.16. The highest BCUT2D eigenvalue weighted by Crippen LogP contribution is 2.33. The quantitative estimate of drug-likeness (QED) is 0.408. The molecule has 1 aliphatic carbocycles. The minimum absolute atomic E-state index is 0.0675. The molecule has 0 radical (unpaired) electrons. The Labute approximate surface area is 199 Å². The van der Waals surface area contributed by atoms with E-state index in [1.54, 1.807) is 36.4 Å². The zero-order valence-electron chi connectivity index (χ0n) is 16.9. The molecule has 166 valence electrons. The van der Waals surface area contributed by atoms with Gasteiger partial charge in [0.05, 0.1) is 22.8 Å². The van der Waals surface area contributed by atoms with Crippen LogP contribution in [0.4, 0.5) is 4.39 Å². The van der Waals surface area contributed by atoms with Gasteiger partial charge in [0.2, 0.25) is 0 Å². The topological polar surface area (TPSA) is 99.3 Å². The molecule has 3 aromatic rings. The summed E-state index contributed by atoms with van der Waals surface area (Å²) in [5.74, 6) is -0.695. The van der Waals surface area contributed by atoms with Gasteiger partial charge >= 0.3 is 0 Å². The number of pyridine rings is 1. The third kappa shape index (κ3) is 5.26. The monoisotopic (exact) mass is 566 g/mol. The first-order valence-corrected chi connectivity index (χ1v) is 12.7. The molecule has 4 rings (SSSR count). The van der Waals surface area contributed by atoms with Crippen LogP contribution < -0.4 is 10.5 Å². The number of amides is 1. The summed E-state index contributed by atoms with van der Waals surface area (Å²) in [4.78, 5) is 16.4. The number of sulfone groups is 1. The molecule has 0 aliphatic heterocycles. The van der Waals surface area contributed by atoms with E-state index in [1.807, 2.05) is 22.6 Å². The molecule has 0 saturated heterocycles. The van der Waals surface area contributed by atoms with E-state index in [0.717, 1.165) is 3.57 Å². The lowest BCUT2D eigenvalue weighted by molar-refractivity contribution is 0.0997. The lowest BCUT2D eigenvalue weighted by Crippen LogP contribution is -2.16. The fourth-order valence-corrected chi connectivity index (χ4v) is 5.63. The molecule has 0 atom stereocenters. The summed E-state index contributed by atoms with van der Waals surface area (Å²) in [6.07, 6.45) is 4.36. The number of halogens is 2. The van der Waals surface area contributed by atoms with Crippen molar-refractivity contribution < 1.29 is 22.3 Å². The third-order valence-electron chi connectivity index (χ3n) is 5.16. The maximum Gasteiger partial charge on any atom is 0.252 e. The van der Waals surface area contributed by atoms with Gasteiger partial charge in [-0.2, -0.15) is 0 Å². The molecule has 1 amide bonds. The number of ether oxygens (including phenoxy) is 1. The number of aromatic nitrogens is 1. The van der Waals surface area contributed by atoms with Crippen molar-refractivity contribution in [2.75, 3.05) is 0 Å². The van der Waals surface area contributed by atoms with Gasteiger partial charge in [0.1, 0.15) is 11.6 Å². The van der Waals surface area contributed by atoms with Gasteiger partial charge in [0.25, 0.3) is 5.91 Å². The fourth-order valence-electron chi connectivity index (χ4n) is 3.45. The number of rotatable bonds is 8. The first-order chi connectivity index (χ1) is 15.2. The van der Waals surface area contributed by atoms with Gasteiger partial charge in [-0.1, -0.05) is 18.2 Å². The largest absolute Gasteiger partial charge is 0.455 e. The Hall–Kier alpha value is -2.53. The standard InChI is InChI=1S/C23H20FIN2O4S/c24-20-10-17(25)5-4-15(20)9-16-11-27-12-21(22(16)23(26)28)31-18-3-1-2-14(8-18)13-32(29,30)19-6-7-19/h1-5,8,10-12,19H,6-7,9,13H2,(H2,26,28). The van der Waals surface area contributed by atoms with Crippen molar-refractivity contribution in [3.05, 3.63) is 86.5 Å². The van der Waals surface area contributed by atoms with Crippen LogP contribution >= 0.6 is 22.6 Å². The molecule has 0 bridgehead atoms. The number of hydrogen-bond acceptors (Lipinski definition) is 5. The minimum atomic E-state index is -3.18. The summed E-state index contributed by atoms with van der Waals surface area (Å²) < 4.78 is 45.6. The molecule has 1 heterocycles. The number of carbonyl (C=O) groups is 1.